The number of esters is 1. The minimum atomic E-state index is -0.754. The van der Waals surface area contributed by atoms with Crippen LogP contribution in [0, 0.1) is 0 Å². The van der Waals surface area contributed by atoms with E-state index in [1.807, 2.05) is 31.2 Å². The van der Waals surface area contributed by atoms with E-state index >= 15 is 0 Å². The van der Waals surface area contributed by atoms with E-state index in [0.29, 0.717) is 18.4 Å². The van der Waals surface area contributed by atoms with E-state index in [9.17, 15) is 9.59 Å². The molecule has 0 heterocycles. The van der Waals surface area contributed by atoms with Gasteiger partial charge in [-0.15, -0.1) is 0 Å². The van der Waals surface area contributed by atoms with Gasteiger partial charge in [0.25, 0.3) is 0 Å². The molecule has 0 saturated heterocycles. The fourth-order valence-corrected chi connectivity index (χ4v) is 3.55. The Bertz CT molecular complexity index is 775. The van der Waals surface area contributed by atoms with Crippen molar-refractivity contribution in [2.24, 2.45) is 0 Å². The summed E-state index contributed by atoms with van der Waals surface area (Å²) in [5.41, 5.74) is 4.16. The molecular formula is C27H36O3. The van der Waals surface area contributed by atoms with Gasteiger partial charge >= 0.3 is 5.97 Å². The van der Waals surface area contributed by atoms with E-state index in [1.165, 1.54) is 44.1 Å². The van der Waals surface area contributed by atoms with Gasteiger partial charge in [0.1, 0.15) is 0 Å². The third-order valence-corrected chi connectivity index (χ3v) is 5.41. The van der Waals surface area contributed by atoms with Crippen LogP contribution in [0.4, 0.5) is 0 Å². The molecule has 1 unspecified atom stereocenters. The largest absolute Gasteiger partial charge is 0.454 e. The molecule has 162 valence electrons. The Balaban J connectivity index is 1.88. The lowest BCUT2D eigenvalue weighted by atomic mass is 9.98. The summed E-state index contributed by atoms with van der Waals surface area (Å²) >= 11 is 0. The standard InChI is InChI=1S/C27H36O3/c1-4-6-7-8-9-10-12-22-13-15-23(16-14-22)24-17-19-25(20-18-24)27(29)21(3)30-26(28)11-5-2/h13-21H,4-12H2,1-3H3. The fourth-order valence-electron chi connectivity index (χ4n) is 3.55. The summed E-state index contributed by atoms with van der Waals surface area (Å²) in [7, 11) is 0. The van der Waals surface area contributed by atoms with E-state index in [1.54, 1.807) is 6.92 Å². The highest BCUT2D eigenvalue weighted by molar-refractivity contribution is 6.00. The number of hydrogen-bond donors (Lipinski definition) is 0. The molecule has 0 bridgehead atoms. The second-order valence-corrected chi connectivity index (χ2v) is 8.04. The smallest absolute Gasteiger partial charge is 0.306 e. The van der Waals surface area contributed by atoms with E-state index < -0.39 is 6.10 Å². The first kappa shape index (κ1) is 23.9. The first-order chi connectivity index (χ1) is 14.5. The van der Waals surface area contributed by atoms with Crippen LogP contribution in [-0.2, 0) is 16.0 Å². The maximum Gasteiger partial charge on any atom is 0.306 e. The first-order valence-electron chi connectivity index (χ1n) is 11.5. The van der Waals surface area contributed by atoms with Crippen LogP contribution in [0.2, 0.25) is 0 Å². The number of aryl methyl sites for hydroxylation is 1. The van der Waals surface area contributed by atoms with Crippen LogP contribution in [0.3, 0.4) is 0 Å². The SMILES string of the molecule is CCCCCCCCc1ccc(-c2ccc(C(=O)C(C)OC(=O)CCC)cc2)cc1. The van der Waals surface area contributed by atoms with Gasteiger partial charge < -0.3 is 4.74 Å². The maximum absolute atomic E-state index is 12.5. The molecular weight excluding hydrogens is 372 g/mol. The summed E-state index contributed by atoms with van der Waals surface area (Å²) in [6, 6.07) is 16.2. The van der Waals surface area contributed by atoms with E-state index in [-0.39, 0.29) is 11.8 Å². The molecule has 2 rings (SSSR count). The minimum absolute atomic E-state index is 0.166. The number of Topliss-reactive ketones (excluding diaryl/α,β-unsaturated/α-hetero) is 1. The lowest BCUT2D eigenvalue weighted by Gasteiger charge is -2.12. The fraction of sp³-hybridized carbons (Fsp3) is 0.481. The van der Waals surface area contributed by atoms with E-state index in [4.69, 9.17) is 4.74 Å². The quantitative estimate of drug-likeness (QED) is 0.200. The van der Waals surface area contributed by atoms with Gasteiger partial charge in [0, 0.05) is 12.0 Å². The summed E-state index contributed by atoms with van der Waals surface area (Å²) in [4.78, 5) is 24.1. The average Bonchev–Trinajstić information content (AvgIpc) is 2.76. The van der Waals surface area contributed by atoms with Gasteiger partial charge in [-0.05, 0) is 42.9 Å². The molecule has 0 spiro atoms. The van der Waals surface area contributed by atoms with Crippen LogP contribution in [0.25, 0.3) is 11.1 Å². The number of carbonyl (C=O) groups excluding carboxylic acids is 2. The van der Waals surface area contributed by atoms with Crippen molar-refractivity contribution in [1.82, 2.24) is 0 Å². The molecule has 0 aliphatic carbocycles. The predicted molar refractivity (Wildman–Crippen MR) is 124 cm³/mol. The van der Waals surface area contributed by atoms with Crippen molar-refractivity contribution in [2.75, 3.05) is 0 Å². The lowest BCUT2D eigenvalue weighted by Crippen LogP contribution is -2.24. The molecule has 0 aromatic heterocycles. The van der Waals surface area contributed by atoms with Gasteiger partial charge in [0.2, 0.25) is 5.78 Å². The molecule has 0 fully saturated rings. The van der Waals surface area contributed by atoms with Crippen LogP contribution < -0.4 is 0 Å². The molecule has 0 radical (unpaired) electrons. The molecule has 0 amide bonds. The van der Waals surface area contributed by atoms with Crippen LogP contribution in [0.1, 0.15) is 88.1 Å². The van der Waals surface area contributed by atoms with Crippen LogP contribution in [-0.4, -0.2) is 17.9 Å². The van der Waals surface area contributed by atoms with Gasteiger partial charge in [-0.3, -0.25) is 9.59 Å². The monoisotopic (exact) mass is 408 g/mol. The summed E-state index contributed by atoms with van der Waals surface area (Å²) < 4.78 is 5.21. The molecule has 0 aliphatic heterocycles. The number of unbranched alkanes of at least 4 members (excludes halogenated alkanes) is 5. The summed E-state index contributed by atoms with van der Waals surface area (Å²) in [6.07, 6.45) is 9.33. The van der Waals surface area contributed by atoms with Crippen molar-refractivity contribution in [3.8, 4) is 11.1 Å². The molecule has 2 aromatic carbocycles. The van der Waals surface area contributed by atoms with Gasteiger partial charge in [-0.1, -0.05) is 94.5 Å². The summed E-state index contributed by atoms with van der Waals surface area (Å²) in [6.45, 7) is 5.79. The Morgan fingerprint density at radius 3 is 1.93 bits per heavy atom. The minimum Gasteiger partial charge on any atom is -0.454 e. The predicted octanol–water partition coefficient (Wildman–Crippen LogP) is 7.17. The van der Waals surface area contributed by atoms with Gasteiger partial charge in [-0.25, -0.2) is 0 Å². The zero-order valence-electron chi connectivity index (χ0n) is 18.8. The third-order valence-electron chi connectivity index (χ3n) is 5.41. The van der Waals surface area contributed by atoms with Gasteiger partial charge in [-0.2, -0.15) is 0 Å². The van der Waals surface area contributed by atoms with Crippen molar-refractivity contribution < 1.29 is 14.3 Å². The second kappa shape index (κ2) is 13.0. The molecule has 30 heavy (non-hydrogen) atoms. The molecule has 3 nitrogen and oxygen atoms in total. The van der Waals surface area contributed by atoms with Crippen molar-refractivity contribution in [1.29, 1.82) is 0 Å². The molecule has 0 N–H and O–H groups in total. The highest BCUT2D eigenvalue weighted by Crippen LogP contribution is 2.22. The van der Waals surface area contributed by atoms with Gasteiger partial charge in [0.15, 0.2) is 6.10 Å². The number of ketones is 1. The van der Waals surface area contributed by atoms with E-state index in [2.05, 4.69) is 31.2 Å². The van der Waals surface area contributed by atoms with Crippen molar-refractivity contribution >= 4 is 11.8 Å². The van der Waals surface area contributed by atoms with Crippen molar-refractivity contribution in [3.05, 3.63) is 59.7 Å². The number of hydrogen-bond acceptors (Lipinski definition) is 3. The zero-order chi connectivity index (χ0) is 21.8. The normalized spacial score (nSPS) is 11.8. The van der Waals surface area contributed by atoms with Crippen molar-refractivity contribution in [2.45, 2.75) is 84.7 Å². The Hall–Kier alpha value is -2.42. The first-order valence-corrected chi connectivity index (χ1v) is 11.5. The average molecular weight is 409 g/mol. The molecule has 1 atom stereocenters. The van der Waals surface area contributed by atoms with Crippen molar-refractivity contribution in [3.63, 3.8) is 0 Å². The third kappa shape index (κ3) is 7.78. The van der Waals surface area contributed by atoms with Crippen LogP contribution in [0.15, 0.2) is 48.5 Å². The van der Waals surface area contributed by atoms with E-state index in [0.717, 1.165) is 17.5 Å². The molecule has 0 saturated carbocycles. The van der Waals surface area contributed by atoms with Crippen LogP contribution in [0.5, 0.6) is 0 Å². The summed E-state index contributed by atoms with van der Waals surface area (Å²) in [5.74, 6) is -0.490. The van der Waals surface area contributed by atoms with Gasteiger partial charge in [0.05, 0.1) is 0 Å². The molecule has 0 aliphatic rings. The lowest BCUT2D eigenvalue weighted by molar-refractivity contribution is -0.146. The Kier molecular flexibility index (Phi) is 10.3. The second-order valence-electron chi connectivity index (χ2n) is 8.04. The Labute approximate surface area is 181 Å². The zero-order valence-corrected chi connectivity index (χ0v) is 18.8. The number of rotatable bonds is 13. The highest BCUT2D eigenvalue weighted by atomic mass is 16.5. The summed E-state index contributed by atoms with van der Waals surface area (Å²) in [5, 5.41) is 0. The maximum atomic E-state index is 12.5. The molecule has 3 heteroatoms. The molecule has 2 aromatic rings. The number of benzene rings is 2. The number of carbonyl (C=O) groups is 2. The number of ether oxygens (including phenoxy) is 1. The Morgan fingerprint density at radius 1 is 0.767 bits per heavy atom. The highest BCUT2D eigenvalue weighted by Gasteiger charge is 2.19. The topological polar surface area (TPSA) is 43.4 Å². The Morgan fingerprint density at radius 2 is 1.33 bits per heavy atom. The van der Waals surface area contributed by atoms with Crippen LogP contribution >= 0.6 is 0 Å².